The van der Waals surface area contributed by atoms with Crippen molar-refractivity contribution in [3.8, 4) is 11.6 Å². The zero-order chi connectivity index (χ0) is 19.3. The summed E-state index contributed by atoms with van der Waals surface area (Å²) in [5, 5.41) is 17.6. The van der Waals surface area contributed by atoms with Crippen LogP contribution in [0.25, 0.3) is 10.9 Å². The molecule has 1 N–H and O–H groups in total. The Morgan fingerprint density at radius 2 is 2.00 bits per heavy atom. The number of anilines is 1. The lowest BCUT2D eigenvalue weighted by molar-refractivity contribution is -0.385. The van der Waals surface area contributed by atoms with Crippen LogP contribution in [0.3, 0.4) is 0 Å². The molecule has 140 valence electrons. The maximum Gasteiger partial charge on any atom is 0.373 e. The van der Waals surface area contributed by atoms with Gasteiger partial charge in [-0.3, -0.25) is 15.1 Å². The topological polar surface area (TPSA) is 103 Å². The molecule has 0 bridgehead atoms. The van der Waals surface area contributed by atoms with Crippen molar-refractivity contribution in [1.29, 1.82) is 0 Å². The number of hydrogen-bond acceptors (Lipinski definition) is 8. The van der Waals surface area contributed by atoms with E-state index in [1.165, 1.54) is 11.2 Å². The highest BCUT2D eigenvalue weighted by atomic mass is 32.1. The lowest BCUT2D eigenvalue weighted by Crippen LogP contribution is -2.09. The minimum absolute atomic E-state index is 0.125. The van der Waals surface area contributed by atoms with Crippen LogP contribution >= 0.6 is 11.3 Å². The number of para-hydroxylation sites is 1. The average Bonchev–Trinajstić information content (AvgIpc) is 3.22. The smallest absolute Gasteiger partial charge is 0.373 e. The Hall–Kier alpha value is -3.59. The van der Waals surface area contributed by atoms with Crippen LogP contribution in [0.1, 0.15) is 4.88 Å². The van der Waals surface area contributed by atoms with E-state index in [2.05, 4.69) is 20.3 Å². The largest absolute Gasteiger partial charge is 0.431 e. The molecule has 0 saturated carbocycles. The van der Waals surface area contributed by atoms with Crippen molar-refractivity contribution in [2.75, 3.05) is 11.9 Å². The highest BCUT2D eigenvalue weighted by Crippen LogP contribution is 2.36. The molecule has 0 aliphatic rings. The molecule has 28 heavy (non-hydrogen) atoms. The molecule has 3 heterocycles. The number of hydrogen-bond donors (Lipinski definition) is 1. The van der Waals surface area contributed by atoms with Gasteiger partial charge in [-0.2, -0.15) is 4.98 Å². The molecule has 0 unspecified atom stereocenters. The molecule has 3 aromatic heterocycles. The van der Waals surface area contributed by atoms with Gasteiger partial charge in [0, 0.05) is 23.0 Å². The number of nitro groups is 1. The number of rotatable bonds is 7. The lowest BCUT2D eigenvalue weighted by atomic mass is 10.2. The summed E-state index contributed by atoms with van der Waals surface area (Å²) < 4.78 is 5.78. The molecule has 8 nitrogen and oxygen atoms in total. The van der Waals surface area contributed by atoms with Crippen LogP contribution in [0.15, 0.2) is 60.4 Å². The summed E-state index contributed by atoms with van der Waals surface area (Å²) in [6.45, 7) is 0.508. The van der Waals surface area contributed by atoms with Gasteiger partial charge >= 0.3 is 11.6 Å². The third-order valence-electron chi connectivity index (χ3n) is 4.02. The van der Waals surface area contributed by atoms with Gasteiger partial charge in [0.15, 0.2) is 5.75 Å². The molecule has 4 rings (SSSR count). The zero-order valence-electron chi connectivity index (χ0n) is 14.6. The van der Waals surface area contributed by atoms with Crippen LogP contribution in [0, 0.1) is 10.1 Å². The second kappa shape index (κ2) is 7.97. The Labute approximate surface area is 164 Å². The van der Waals surface area contributed by atoms with Crippen LogP contribution in [-0.4, -0.2) is 26.4 Å². The molecule has 0 radical (unpaired) electrons. The first-order valence-electron chi connectivity index (χ1n) is 8.49. The van der Waals surface area contributed by atoms with E-state index in [0.29, 0.717) is 17.8 Å². The maximum absolute atomic E-state index is 11.7. The molecular weight excluding hydrogens is 378 g/mol. The Balaban J connectivity index is 1.62. The van der Waals surface area contributed by atoms with E-state index >= 15 is 0 Å². The summed E-state index contributed by atoms with van der Waals surface area (Å²) in [6, 6.07) is 13.1. The van der Waals surface area contributed by atoms with Gasteiger partial charge in [0.05, 0.1) is 4.92 Å². The van der Waals surface area contributed by atoms with E-state index in [-0.39, 0.29) is 17.4 Å². The third kappa shape index (κ3) is 3.74. The monoisotopic (exact) mass is 393 g/mol. The number of nitrogens with zero attached hydrogens (tertiary/aromatic N) is 4. The Bertz CT molecular complexity index is 1110. The van der Waals surface area contributed by atoms with Gasteiger partial charge in [-0.25, -0.2) is 4.98 Å². The van der Waals surface area contributed by atoms with Crippen molar-refractivity contribution in [3.63, 3.8) is 0 Å². The van der Waals surface area contributed by atoms with Gasteiger partial charge in [-0.05, 0) is 30.0 Å². The van der Waals surface area contributed by atoms with Crippen LogP contribution in [-0.2, 0) is 6.42 Å². The first-order valence-corrected chi connectivity index (χ1v) is 9.37. The number of benzene rings is 1. The van der Waals surface area contributed by atoms with E-state index in [4.69, 9.17) is 4.74 Å². The Morgan fingerprint density at radius 1 is 1.11 bits per heavy atom. The van der Waals surface area contributed by atoms with Crippen molar-refractivity contribution >= 4 is 33.7 Å². The number of nitrogens with one attached hydrogen (secondary N) is 1. The van der Waals surface area contributed by atoms with E-state index in [9.17, 15) is 10.1 Å². The molecule has 9 heteroatoms. The molecule has 4 aromatic rings. The summed E-state index contributed by atoms with van der Waals surface area (Å²) >= 11 is 1.64. The fourth-order valence-corrected chi connectivity index (χ4v) is 3.46. The maximum atomic E-state index is 11.7. The van der Waals surface area contributed by atoms with Crippen LogP contribution in [0.4, 0.5) is 11.5 Å². The first-order chi connectivity index (χ1) is 13.7. The molecule has 0 aliphatic carbocycles. The van der Waals surface area contributed by atoms with Gasteiger partial charge in [0.1, 0.15) is 11.8 Å². The summed E-state index contributed by atoms with van der Waals surface area (Å²) in [7, 11) is 0. The summed E-state index contributed by atoms with van der Waals surface area (Å²) in [5.74, 6) is 0.390. The molecule has 1 aromatic carbocycles. The number of thiophene rings is 1. The predicted octanol–water partition coefficient (Wildman–Crippen LogP) is 4.44. The van der Waals surface area contributed by atoms with Crippen LogP contribution in [0.5, 0.6) is 11.6 Å². The molecular formula is C19H15N5O3S. The summed E-state index contributed by atoms with van der Waals surface area (Å²) in [6.07, 6.45) is 3.62. The van der Waals surface area contributed by atoms with Crippen molar-refractivity contribution < 1.29 is 9.66 Å². The van der Waals surface area contributed by atoms with E-state index in [0.717, 1.165) is 11.8 Å². The van der Waals surface area contributed by atoms with E-state index in [1.807, 2.05) is 35.7 Å². The number of pyridine rings is 1. The Kier molecular flexibility index (Phi) is 5.07. The van der Waals surface area contributed by atoms with Crippen LogP contribution < -0.4 is 10.1 Å². The lowest BCUT2D eigenvalue weighted by Gasteiger charge is -2.10. The summed E-state index contributed by atoms with van der Waals surface area (Å²) in [4.78, 5) is 24.6. The van der Waals surface area contributed by atoms with Gasteiger partial charge in [0.2, 0.25) is 5.82 Å². The number of aromatic nitrogens is 3. The second-order valence-corrected chi connectivity index (χ2v) is 6.85. The van der Waals surface area contributed by atoms with E-state index in [1.54, 1.807) is 29.7 Å². The third-order valence-corrected chi connectivity index (χ3v) is 4.95. The van der Waals surface area contributed by atoms with Gasteiger partial charge in [-0.15, -0.1) is 11.3 Å². The molecule has 0 saturated heterocycles. The van der Waals surface area contributed by atoms with Gasteiger partial charge in [-0.1, -0.05) is 24.3 Å². The molecule has 0 spiro atoms. The highest BCUT2D eigenvalue weighted by molar-refractivity contribution is 7.09. The molecule has 0 fully saturated rings. The Morgan fingerprint density at radius 3 is 2.82 bits per heavy atom. The molecule has 0 amide bonds. The quantitative estimate of drug-likeness (QED) is 0.366. The average molecular weight is 393 g/mol. The van der Waals surface area contributed by atoms with Crippen molar-refractivity contribution in [3.05, 3.63) is 75.4 Å². The SMILES string of the molecule is O=[N+]([O-])c1c(NCCc2cccs2)ncnc1Oc1cccc2cccnc12. The number of fused-ring (bicyclic) bond motifs is 1. The van der Waals surface area contributed by atoms with Crippen LogP contribution in [0.2, 0.25) is 0 Å². The second-order valence-electron chi connectivity index (χ2n) is 5.82. The fraction of sp³-hybridized carbons (Fsp3) is 0.105. The first kappa shape index (κ1) is 17.8. The minimum Gasteiger partial charge on any atom is -0.431 e. The zero-order valence-corrected chi connectivity index (χ0v) is 15.4. The fourth-order valence-electron chi connectivity index (χ4n) is 2.75. The van der Waals surface area contributed by atoms with Gasteiger partial charge in [0.25, 0.3) is 0 Å². The molecule has 0 atom stereocenters. The van der Waals surface area contributed by atoms with Crippen molar-refractivity contribution in [1.82, 2.24) is 15.0 Å². The van der Waals surface area contributed by atoms with Gasteiger partial charge < -0.3 is 10.1 Å². The standard InChI is InChI=1S/C19H15N5O3S/c25-24(26)17-18(21-10-8-14-6-3-11-28-14)22-12-23-19(17)27-15-7-1-4-13-5-2-9-20-16(13)15/h1-7,9,11-12H,8,10H2,(H,21,22,23). The van der Waals surface area contributed by atoms with Crippen molar-refractivity contribution in [2.24, 2.45) is 0 Å². The normalized spacial score (nSPS) is 10.7. The summed E-state index contributed by atoms with van der Waals surface area (Å²) in [5.41, 5.74) is 0.298. The predicted molar refractivity (Wildman–Crippen MR) is 107 cm³/mol. The number of ether oxygens (including phenoxy) is 1. The molecule has 0 aliphatic heterocycles. The van der Waals surface area contributed by atoms with Crippen molar-refractivity contribution in [2.45, 2.75) is 6.42 Å². The minimum atomic E-state index is -0.540. The highest BCUT2D eigenvalue weighted by Gasteiger charge is 2.25. The van der Waals surface area contributed by atoms with E-state index < -0.39 is 4.92 Å².